The zero-order chi connectivity index (χ0) is 13.5. The van der Waals surface area contributed by atoms with Gasteiger partial charge in [0, 0.05) is 5.56 Å². The monoisotopic (exact) mass is 250 g/mol. The molecule has 96 valence electrons. The first kappa shape index (κ1) is 13.8. The highest BCUT2D eigenvalue weighted by molar-refractivity contribution is 5.84. The van der Waals surface area contributed by atoms with Gasteiger partial charge in [-0.25, -0.2) is 0 Å². The lowest BCUT2D eigenvalue weighted by Crippen LogP contribution is -1.97. The first-order valence-electron chi connectivity index (χ1n) is 5.22. The Hall–Kier alpha value is -2.30. The third-order valence-corrected chi connectivity index (χ3v) is 2.32. The van der Waals surface area contributed by atoms with E-state index in [1.165, 1.54) is 26.4 Å². The molecule has 5 nitrogen and oxygen atoms in total. The number of phenols is 1. The van der Waals surface area contributed by atoms with Crippen molar-refractivity contribution in [2.24, 2.45) is 0 Å². The van der Waals surface area contributed by atoms with Crippen LogP contribution in [0.15, 0.2) is 18.2 Å². The summed E-state index contributed by atoms with van der Waals surface area (Å²) < 4.78 is 9.43. The summed E-state index contributed by atoms with van der Waals surface area (Å²) in [7, 11) is 2.72. The number of carbonyl (C=O) groups excluding carboxylic acids is 2. The quantitative estimate of drug-likeness (QED) is 0.637. The van der Waals surface area contributed by atoms with Crippen molar-refractivity contribution in [3.63, 3.8) is 0 Å². The van der Waals surface area contributed by atoms with Crippen LogP contribution < -0.4 is 4.74 Å². The molecule has 0 spiro atoms. The molecule has 1 aromatic carbocycles. The van der Waals surface area contributed by atoms with Crippen LogP contribution in [-0.2, 0) is 9.53 Å². The normalized spacial score (nSPS) is 10.3. The van der Waals surface area contributed by atoms with E-state index in [4.69, 9.17) is 4.74 Å². The van der Waals surface area contributed by atoms with Gasteiger partial charge in [-0.3, -0.25) is 9.59 Å². The highest BCUT2D eigenvalue weighted by atomic mass is 16.5. The molecular formula is C13H14O5. The Bertz CT molecular complexity index is 477. The molecule has 1 N–H and O–H groups in total. The van der Waals surface area contributed by atoms with E-state index in [1.54, 1.807) is 12.2 Å². The lowest BCUT2D eigenvalue weighted by molar-refractivity contribution is -0.139. The van der Waals surface area contributed by atoms with E-state index in [1.807, 2.05) is 0 Å². The van der Waals surface area contributed by atoms with E-state index in [0.29, 0.717) is 17.4 Å². The van der Waals surface area contributed by atoms with E-state index < -0.39 is 0 Å². The molecule has 1 rings (SSSR count). The summed E-state index contributed by atoms with van der Waals surface area (Å²) in [5.41, 5.74) is 0.873. The minimum Gasteiger partial charge on any atom is -0.504 e. The molecule has 0 heterocycles. The Balaban J connectivity index is 2.99. The highest BCUT2D eigenvalue weighted by Crippen LogP contribution is 2.29. The zero-order valence-corrected chi connectivity index (χ0v) is 10.2. The van der Waals surface area contributed by atoms with Crippen LogP contribution in [0.2, 0.25) is 0 Å². The second kappa shape index (κ2) is 6.44. The zero-order valence-electron chi connectivity index (χ0n) is 10.2. The molecule has 0 aliphatic carbocycles. The number of esters is 1. The lowest BCUT2D eigenvalue weighted by atomic mass is 10.1. The standard InChI is InChI=1S/C13H14O5/c1-17-12-7-9(4-3-5-13(16)18-2)10(8-14)6-11(12)15/h3-4,6-8,15H,5H2,1-2H3. The number of phenolic OH excluding ortho intramolecular Hbond substituents is 1. The average Bonchev–Trinajstić information content (AvgIpc) is 2.39. The van der Waals surface area contributed by atoms with Gasteiger partial charge in [0.15, 0.2) is 17.8 Å². The number of aldehydes is 1. The predicted octanol–water partition coefficient (Wildman–Crippen LogP) is 1.79. The molecule has 0 fully saturated rings. The maximum atomic E-state index is 10.9. The number of hydrogen-bond donors (Lipinski definition) is 1. The largest absolute Gasteiger partial charge is 0.504 e. The third kappa shape index (κ3) is 3.35. The van der Waals surface area contributed by atoms with Gasteiger partial charge in [0.1, 0.15) is 0 Å². The van der Waals surface area contributed by atoms with Crippen molar-refractivity contribution in [3.05, 3.63) is 29.3 Å². The maximum Gasteiger partial charge on any atom is 0.309 e. The van der Waals surface area contributed by atoms with Gasteiger partial charge in [-0.2, -0.15) is 0 Å². The number of aromatic hydroxyl groups is 1. The summed E-state index contributed by atoms with van der Waals surface area (Å²) in [5.74, 6) is -0.215. The first-order valence-corrected chi connectivity index (χ1v) is 5.22. The molecule has 0 unspecified atom stereocenters. The van der Waals surface area contributed by atoms with Gasteiger partial charge >= 0.3 is 5.97 Å². The number of rotatable bonds is 5. The van der Waals surface area contributed by atoms with Gasteiger partial charge in [-0.05, 0) is 17.7 Å². The Morgan fingerprint density at radius 3 is 2.61 bits per heavy atom. The third-order valence-electron chi connectivity index (χ3n) is 2.32. The van der Waals surface area contributed by atoms with Crippen LogP contribution in [0.4, 0.5) is 0 Å². The highest BCUT2D eigenvalue weighted by Gasteiger charge is 2.07. The van der Waals surface area contributed by atoms with Gasteiger partial charge in [-0.1, -0.05) is 12.2 Å². The van der Waals surface area contributed by atoms with Crippen LogP contribution in [0, 0.1) is 0 Å². The van der Waals surface area contributed by atoms with E-state index in [0.717, 1.165) is 0 Å². The van der Waals surface area contributed by atoms with Crippen molar-refractivity contribution in [3.8, 4) is 11.5 Å². The lowest BCUT2D eigenvalue weighted by Gasteiger charge is -2.06. The average molecular weight is 250 g/mol. The molecule has 0 saturated heterocycles. The van der Waals surface area contributed by atoms with E-state index >= 15 is 0 Å². The molecular weight excluding hydrogens is 236 g/mol. The number of methoxy groups -OCH3 is 2. The summed E-state index contributed by atoms with van der Waals surface area (Å²) in [6.45, 7) is 0. The molecule has 0 amide bonds. The molecule has 1 aromatic rings. The molecule has 0 atom stereocenters. The van der Waals surface area contributed by atoms with Crippen molar-refractivity contribution in [1.29, 1.82) is 0 Å². The smallest absolute Gasteiger partial charge is 0.309 e. The fraction of sp³-hybridized carbons (Fsp3) is 0.231. The summed E-state index contributed by atoms with van der Waals surface area (Å²) in [6.07, 6.45) is 3.90. The first-order chi connectivity index (χ1) is 8.62. The van der Waals surface area contributed by atoms with Crippen molar-refractivity contribution in [2.75, 3.05) is 14.2 Å². The van der Waals surface area contributed by atoms with Crippen LogP contribution in [0.1, 0.15) is 22.3 Å². The van der Waals surface area contributed by atoms with Crippen molar-refractivity contribution in [1.82, 2.24) is 0 Å². The molecule has 18 heavy (non-hydrogen) atoms. The predicted molar refractivity (Wildman–Crippen MR) is 65.7 cm³/mol. The van der Waals surface area contributed by atoms with Gasteiger partial charge in [-0.15, -0.1) is 0 Å². The van der Waals surface area contributed by atoms with Gasteiger partial charge in [0.05, 0.1) is 20.6 Å². The van der Waals surface area contributed by atoms with E-state index in [2.05, 4.69) is 4.74 Å². The Kier molecular flexibility index (Phi) is 4.92. The van der Waals surface area contributed by atoms with E-state index in [-0.39, 0.29) is 23.9 Å². The van der Waals surface area contributed by atoms with Crippen LogP contribution >= 0.6 is 0 Å². The Morgan fingerprint density at radius 1 is 1.33 bits per heavy atom. The molecule has 0 aliphatic rings. The fourth-order valence-corrected chi connectivity index (χ4v) is 1.38. The number of hydrogen-bond acceptors (Lipinski definition) is 5. The Morgan fingerprint density at radius 2 is 2.06 bits per heavy atom. The molecule has 0 aliphatic heterocycles. The van der Waals surface area contributed by atoms with E-state index in [9.17, 15) is 14.7 Å². The second-order valence-electron chi connectivity index (χ2n) is 3.45. The topological polar surface area (TPSA) is 72.8 Å². The van der Waals surface area contributed by atoms with Gasteiger partial charge < -0.3 is 14.6 Å². The van der Waals surface area contributed by atoms with Crippen LogP contribution in [-0.4, -0.2) is 31.6 Å². The Labute approximate surface area is 105 Å². The van der Waals surface area contributed by atoms with Crippen LogP contribution in [0.3, 0.4) is 0 Å². The van der Waals surface area contributed by atoms with Crippen molar-refractivity contribution >= 4 is 18.3 Å². The second-order valence-corrected chi connectivity index (χ2v) is 3.45. The summed E-state index contributed by atoms with van der Waals surface area (Å²) in [6, 6.07) is 2.83. The fourth-order valence-electron chi connectivity index (χ4n) is 1.38. The maximum absolute atomic E-state index is 10.9. The van der Waals surface area contributed by atoms with Crippen molar-refractivity contribution in [2.45, 2.75) is 6.42 Å². The molecule has 0 radical (unpaired) electrons. The minimum atomic E-state index is -0.371. The van der Waals surface area contributed by atoms with Gasteiger partial charge in [0.25, 0.3) is 0 Å². The van der Waals surface area contributed by atoms with Gasteiger partial charge in [0.2, 0.25) is 0 Å². The van der Waals surface area contributed by atoms with Crippen LogP contribution in [0.25, 0.3) is 6.08 Å². The molecule has 0 saturated carbocycles. The number of benzene rings is 1. The molecule has 0 aromatic heterocycles. The van der Waals surface area contributed by atoms with Crippen molar-refractivity contribution < 1.29 is 24.2 Å². The summed E-state index contributed by atoms with van der Waals surface area (Å²) >= 11 is 0. The summed E-state index contributed by atoms with van der Waals surface area (Å²) in [4.78, 5) is 21.8. The number of ether oxygens (including phenoxy) is 2. The molecule has 5 heteroatoms. The molecule has 0 bridgehead atoms. The van der Waals surface area contributed by atoms with Crippen LogP contribution in [0.5, 0.6) is 11.5 Å². The SMILES string of the molecule is COC(=O)CC=Cc1cc(OC)c(O)cc1C=O. The minimum absolute atomic E-state index is 0.107. The number of carbonyl (C=O) groups is 2. The summed E-state index contributed by atoms with van der Waals surface area (Å²) in [5, 5.41) is 9.52.